The van der Waals surface area contributed by atoms with Crippen LogP contribution in [0.25, 0.3) is 22.3 Å². The van der Waals surface area contributed by atoms with Crippen LogP contribution >= 0.6 is 0 Å². The predicted octanol–water partition coefficient (Wildman–Crippen LogP) is 3.22. The SMILES string of the molecule is c1ccc(-c2cc(CNc3ncnc4cc[nH]c34)on2)cc1. The van der Waals surface area contributed by atoms with E-state index >= 15 is 0 Å². The highest BCUT2D eigenvalue weighted by molar-refractivity contribution is 5.85. The van der Waals surface area contributed by atoms with Gasteiger partial charge in [0.1, 0.15) is 17.5 Å². The number of anilines is 1. The third kappa shape index (κ3) is 2.31. The van der Waals surface area contributed by atoms with Crippen LogP contribution in [0.1, 0.15) is 5.76 Å². The van der Waals surface area contributed by atoms with Crippen LogP contribution in [0.5, 0.6) is 0 Å². The Balaban J connectivity index is 1.53. The largest absolute Gasteiger partial charge is 0.361 e. The molecule has 0 aliphatic heterocycles. The van der Waals surface area contributed by atoms with Gasteiger partial charge in [-0.05, 0) is 6.07 Å². The molecule has 0 aliphatic rings. The van der Waals surface area contributed by atoms with Crippen LogP contribution in [0.4, 0.5) is 5.82 Å². The van der Waals surface area contributed by atoms with Gasteiger partial charge in [-0.3, -0.25) is 0 Å². The maximum atomic E-state index is 5.37. The highest BCUT2D eigenvalue weighted by Crippen LogP contribution is 2.20. The van der Waals surface area contributed by atoms with Crippen molar-refractivity contribution in [3.8, 4) is 11.3 Å². The van der Waals surface area contributed by atoms with E-state index in [0.29, 0.717) is 6.54 Å². The van der Waals surface area contributed by atoms with Crippen LogP contribution < -0.4 is 5.32 Å². The number of rotatable bonds is 4. The van der Waals surface area contributed by atoms with Crippen molar-refractivity contribution in [1.82, 2.24) is 20.1 Å². The molecule has 0 aliphatic carbocycles. The molecule has 0 fully saturated rings. The zero-order chi connectivity index (χ0) is 14.8. The molecule has 0 atom stereocenters. The van der Waals surface area contributed by atoms with Crippen LogP contribution in [0.15, 0.2) is 59.5 Å². The van der Waals surface area contributed by atoms with Crippen molar-refractivity contribution in [3.05, 3.63) is 60.7 Å². The second-order valence-electron chi connectivity index (χ2n) is 4.86. The summed E-state index contributed by atoms with van der Waals surface area (Å²) in [6.45, 7) is 0.505. The predicted molar refractivity (Wildman–Crippen MR) is 83.2 cm³/mol. The molecule has 0 bridgehead atoms. The van der Waals surface area contributed by atoms with Crippen molar-refractivity contribution in [2.75, 3.05) is 5.32 Å². The molecule has 3 heterocycles. The molecule has 0 saturated carbocycles. The van der Waals surface area contributed by atoms with Crippen LogP contribution in [0, 0.1) is 0 Å². The molecule has 3 aromatic heterocycles. The van der Waals surface area contributed by atoms with Gasteiger partial charge in [0.2, 0.25) is 0 Å². The molecule has 2 N–H and O–H groups in total. The van der Waals surface area contributed by atoms with E-state index in [1.807, 2.05) is 48.7 Å². The second-order valence-corrected chi connectivity index (χ2v) is 4.86. The lowest BCUT2D eigenvalue weighted by molar-refractivity contribution is 0.390. The molecule has 22 heavy (non-hydrogen) atoms. The number of nitrogens with zero attached hydrogens (tertiary/aromatic N) is 3. The maximum absolute atomic E-state index is 5.37. The van der Waals surface area contributed by atoms with Gasteiger partial charge in [0.15, 0.2) is 11.6 Å². The molecule has 1 aromatic carbocycles. The third-order valence-corrected chi connectivity index (χ3v) is 3.40. The van der Waals surface area contributed by atoms with Gasteiger partial charge in [0, 0.05) is 17.8 Å². The van der Waals surface area contributed by atoms with Gasteiger partial charge in [-0.15, -0.1) is 0 Å². The van der Waals surface area contributed by atoms with Crippen LogP contribution in [-0.4, -0.2) is 20.1 Å². The third-order valence-electron chi connectivity index (χ3n) is 3.40. The molecule has 108 valence electrons. The average molecular weight is 291 g/mol. The Kier molecular flexibility index (Phi) is 3.05. The Morgan fingerprint density at radius 1 is 1.09 bits per heavy atom. The number of aromatic nitrogens is 4. The van der Waals surface area contributed by atoms with Crippen molar-refractivity contribution in [1.29, 1.82) is 0 Å². The fraction of sp³-hybridized carbons (Fsp3) is 0.0625. The number of H-pyrrole nitrogens is 1. The van der Waals surface area contributed by atoms with E-state index in [1.54, 1.807) is 0 Å². The van der Waals surface area contributed by atoms with Crippen molar-refractivity contribution < 1.29 is 4.52 Å². The van der Waals surface area contributed by atoms with Crippen molar-refractivity contribution in [2.45, 2.75) is 6.54 Å². The molecule has 0 spiro atoms. The first-order chi connectivity index (χ1) is 10.9. The number of hydrogen-bond donors (Lipinski definition) is 2. The van der Waals surface area contributed by atoms with E-state index in [0.717, 1.165) is 33.9 Å². The van der Waals surface area contributed by atoms with E-state index in [1.165, 1.54) is 6.33 Å². The topological polar surface area (TPSA) is 79.6 Å². The van der Waals surface area contributed by atoms with Gasteiger partial charge >= 0.3 is 0 Å². The molecule has 0 radical (unpaired) electrons. The number of nitrogens with one attached hydrogen (secondary N) is 2. The molecule has 6 heteroatoms. The zero-order valence-corrected chi connectivity index (χ0v) is 11.7. The van der Waals surface area contributed by atoms with E-state index in [4.69, 9.17) is 4.52 Å². The van der Waals surface area contributed by atoms with E-state index in [2.05, 4.69) is 25.4 Å². The zero-order valence-electron chi connectivity index (χ0n) is 11.7. The molecular formula is C16H13N5O. The first-order valence-corrected chi connectivity index (χ1v) is 6.93. The van der Waals surface area contributed by atoms with Crippen molar-refractivity contribution in [2.24, 2.45) is 0 Å². The van der Waals surface area contributed by atoms with Crippen LogP contribution in [0.2, 0.25) is 0 Å². The number of fused-ring (bicyclic) bond motifs is 1. The quantitative estimate of drug-likeness (QED) is 0.603. The smallest absolute Gasteiger partial charge is 0.156 e. The molecule has 6 nitrogen and oxygen atoms in total. The molecule has 4 aromatic rings. The van der Waals surface area contributed by atoms with Crippen LogP contribution in [-0.2, 0) is 6.54 Å². The number of benzene rings is 1. The summed E-state index contributed by atoms with van der Waals surface area (Å²) < 4.78 is 5.37. The van der Waals surface area contributed by atoms with Gasteiger partial charge in [-0.1, -0.05) is 35.5 Å². The monoisotopic (exact) mass is 291 g/mol. The minimum Gasteiger partial charge on any atom is -0.361 e. The highest BCUT2D eigenvalue weighted by Gasteiger charge is 2.08. The van der Waals surface area contributed by atoms with Gasteiger partial charge in [0.05, 0.1) is 12.1 Å². The fourth-order valence-corrected chi connectivity index (χ4v) is 2.32. The lowest BCUT2D eigenvalue weighted by Gasteiger charge is -2.03. The number of aromatic amines is 1. The van der Waals surface area contributed by atoms with Crippen molar-refractivity contribution >= 4 is 16.9 Å². The Hall–Kier alpha value is -3.15. The van der Waals surface area contributed by atoms with Gasteiger partial charge in [-0.25, -0.2) is 9.97 Å². The minimum absolute atomic E-state index is 0.505. The van der Waals surface area contributed by atoms with E-state index in [-0.39, 0.29) is 0 Å². The summed E-state index contributed by atoms with van der Waals surface area (Å²) in [7, 11) is 0. The summed E-state index contributed by atoms with van der Waals surface area (Å²) in [6.07, 6.45) is 3.38. The highest BCUT2D eigenvalue weighted by atomic mass is 16.5. The van der Waals surface area contributed by atoms with Gasteiger partial charge < -0.3 is 14.8 Å². The summed E-state index contributed by atoms with van der Waals surface area (Å²) in [5.74, 6) is 1.49. The summed E-state index contributed by atoms with van der Waals surface area (Å²) in [4.78, 5) is 11.5. The van der Waals surface area contributed by atoms with E-state index < -0.39 is 0 Å². The molecule has 4 rings (SSSR count). The summed E-state index contributed by atoms with van der Waals surface area (Å²) in [5, 5.41) is 7.33. The summed E-state index contributed by atoms with van der Waals surface area (Å²) in [6, 6.07) is 13.8. The number of hydrogen-bond acceptors (Lipinski definition) is 5. The van der Waals surface area contributed by atoms with E-state index in [9.17, 15) is 0 Å². The first-order valence-electron chi connectivity index (χ1n) is 6.93. The Morgan fingerprint density at radius 3 is 2.91 bits per heavy atom. The van der Waals surface area contributed by atoms with Crippen LogP contribution in [0.3, 0.4) is 0 Å². The van der Waals surface area contributed by atoms with Gasteiger partial charge in [0.25, 0.3) is 0 Å². The fourth-order valence-electron chi connectivity index (χ4n) is 2.32. The molecule has 0 amide bonds. The average Bonchev–Trinajstić information content (AvgIpc) is 3.23. The Labute approximate surface area is 126 Å². The normalized spacial score (nSPS) is 10.9. The Morgan fingerprint density at radius 2 is 2.00 bits per heavy atom. The Bertz CT molecular complexity index is 897. The maximum Gasteiger partial charge on any atom is 0.156 e. The standard InChI is InChI=1S/C16H13N5O/c1-2-4-11(5-3-1)14-8-12(22-21-14)9-18-16-15-13(6-7-17-15)19-10-20-16/h1-8,10,17H,9H2,(H,18,19,20). The molecular weight excluding hydrogens is 278 g/mol. The summed E-state index contributed by atoms with van der Waals surface area (Å²) >= 11 is 0. The van der Waals surface area contributed by atoms with Crippen molar-refractivity contribution in [3.63, 3.8) is 0 Å². The van der Waals surface area contributed by atoms with Gasteiger partial charge in [-0.2, -0.15) is 0 Å². The summed E-state index contributed by atoms with van der Waals surface area (Å²) in [5.41, 5.74) is 3.61. The minimum atomic E-state index is 0.505. The first kappa shape index (κ1) is 12.6. The molecule has 0 saturated heterocycles. The lowest BCUT2D eigenvalue weighted by Crippen LogP contribution is -2.01. The lowest BCUT2D eigenvalue weighted by atomic mass is 10.1. The second kappa shape index (κ2) is 5.33. The molecule has 0 unspecified atom stereocenters.